The van der Waals surface area contributed by atoms with E-state index in [0.717, 1.165) is 23.9 Å². The van der Waals surface area contributed by atoms with Crippen molar-refractivity contribution in [3.8, 4) is 0 Å². The summed E-state index contributed by atoms with van der Waals surface area (Å²) in [6, 6.07) is 0. The third-order valence-electron chi connectivity index (χ3n) is 5.05. The standard InChI is InChI=1S/C27H53IO10/c1-2-3-4-5-6-7-8-27(29)38-26-25-37-24-23-36-22-21-35-20-19-34-18-17-33-16-15-32-14-13-31-12-11-30-10-9-28/h2-26H2,1H3. The van der Waals surface area contributed by atoms with Crippen LogP contribution >= 0.6 is 22.6 Å². The van der Waals surface area contributed by atoms with Gasteiger partial charge in [0.25, 0.3) is 0 Å². The number of hydrogen-bond donors (Lipinski definition) is 0. The summed E-state index contributed by atoms with van der Waals surface area (Å²) in [5.41, 5.74) is 0. The second kappa shape index (κ2) is 34.9. The van der Waals surface area contributed by atoms with Gasteiger partial charge >= 0.3 is 5.97 Å². The van der Waals surface area contributed by atoms with Crippen LogP contribution in [0.2, 0.25) is 0 Å². The molecule has 38 heavy (non-hydrogen) atoms. The average molecular weight is 665 g/mol. The normalized spacial score (nSPS) is 11.3. The van der Waals surface area contributed by atoms with Crippen molar-refractivity contribution < 1.29 is 47.4 Å². The molecular formula is C27H53IO10. The van der Waals surface area contributed by atoms with E-state index in [1.807, 2.05) is 0 Å². The largest absolute Gasteiger partial charge is 0.463 e. The van der Waals surface area contributed by atoms with Crippen LogP contribution in [0, 0.1) is 0 Å². The van der Waals surface area contributed by atoms with Gasteiger partial charge in [-0.2, -0.15) is 0 Å². The van der Waals surface area contributed by atoms with E-state index in [-0.39, 0.29) is 5.97 Å². The monoisotopic (exact) mass is 664 g/mol. The van der Waals surface area contributed by atoms with Crippen molar-refractivity contribution >= 4 is 28.6 Å². The first-order valence-electron chi connectivity index (χ1n) is 14.1. The zero-order valence-electron chi connectivity index (χ0n) is 23.6. The Labute approximate surface area is 244 Å². The van der Waals surface area contributed by atoms with Gasteiger partial charge in [0.15, 0.2) is 0 Å². The van der Waals surface area contributed by atoms with Gasteiger partial charge in [0, 0.05) is 10.8 Å². The maximum atomic E-state index is 11.6. The molecule has 0 heterocycles. The minimum Gasteiger partial charge on any atom is -0.463 e. The number of alkyl halides is 1. The molecule has 0 fully saturated rings. The summed E-state index contributed by atoms with van der Waals surface area (Å²) in [5, 5.41) is 0. The molecule has 0 rings (SSSR count). The Kier molecular flexibility index (Phi) is 34.8. The van der Waals surface area contributed by atoms with E-state index in [1.165, 1.54) is 25.7 Å². The molecule has 228 valence electrons. The summed E-state index contributed by atoms with van der Waals surface area (Å²) in [6.07, 6.45) is 7.46. The third kappa shape index (κ3) is 33.9. The molecule has 0 atom stereocenters. The van der Waals surface area contributed by atoms with Gasteiger partial charge in [0.05, 0.1) is 106 Å². The highest BCUT2D eigenvalue weighted by Crippen LogP contribution is 2.07. The first-order valence-corrected chi connectivity index (χ1v) is 15.7. The molecule has 0 unspecified atom stereocenters. The van der Waals surface area contributed by atoms with E-state index >= 15 is 0 Å². The second-order valence-electron chi connectivity index (χ2n) is 8.33. The zero-order chi connectivity index (χ0) is 27.6. The lowest BCUT2D eigenvalue weighted by molar-refractivity contribution is -0.145. The van der Waals surface area contributed by atoms with Gasteiger partial charge in [-0.25, -0.2) is 0 Å². The van der Waals surface area contributed by atoms with Crippen LogP contribution in [0.25, 0.3) is 0 Å². The summed E-state index contributed by atoms with van der Waals surface area (Å²) in [6.45, 7) is 11.1. The predicted octanol–water partition coefficient (Wildman–Crippen LogP) is 3.85. The number of carbonyl (C=O) groups excluding carboxylic acids is 1. The first-order chi connectivity index (χ1) is 18.8. The van der Waals surface area contributed by atoms with Gasteiger partial charge < -0.3 is 42.6 Å². The first kappa shape index (κ1) is 37.9. The maximum absolute atomic E-state index is 11.6. The van der Waals surface area contributed by atoms with Crippen molar-refractivity contribution in [1.29, 1.82) is 0 Å². The van der Waals surface area contributed by atoms with Gasteiger partial charge in [0.2, 0.25) is 0 Å². The Bertz CT molecular complexity index is 460. The van der Waals surface area contributed by atoms with Crippen LogP contribution in [0.15, 0.2) is 0 Å². The lowest BCUT2D eigenvalue weighted by Gasteiger charge is -2.09. The SMILES string of the molecule is CCCCCCCCC(=O)OCCOCCOCCOCCOCCOCCOCCOCCOCCI. The number of rotatable bonds is 33. The van der Waals surface area contributed by atoms with Gasteiger partial charge in [-0.3, -0.25) is 4.79 Å². The summed E-state index contributed by atoms with van der Waals surface area (Å²) < 4.78 is 49.5. The molecule has 0 aliphatic heterocycles. The summed E-state index contributed by atoms with van der Waals surface area (Å²) in [5.74, 6) is -0.138. The lowest BCUT2D eigenvalue weighted by Crippen LogP contribution is -2.15. The molecule has 0 bridgehead atoms. The van der Waals surface area contributed by atoms with Crippen LogP contribution in [0.1, 0.15) is 51.9 Å². The van der Waals surface area contributed by atoms with Crippen molar-refractivity contribution in [2.45, 2.75) is 51.9 Å². The van der Waals surface area contributed by atoms with E-state index in [9.17, 15) is 4.79 Å². The number of unbranched alkanes of at least 4 members (excludes halogenated alkanes) is 5. The summed E-state index contributed by atoms with van der Waals surface area (Å²) >= 11 is 2.28. The minimum absolute atomic E-state index is 0.138. The highest BCUT2D eigenvalue weighted by atomic mass is 127. The molecule has 0 saturated heterocycles. The molecular weight excluding hydrogens is 611 g/mol. The topological polar surface area (TPSA) is 100 Å². The van der Waals surface area contributed by atoms with Gasteiger partial charge in [-0.15, -0.1) is 0 Å². The zero-order valence-corrected chi connectivity index (χ0v) is 25.8. The molecule has 0 spiro atoms. The molecule has 0 N–H and O–H groups in total. The van der Waals surface area contributed by atoms with Crippen molar-refractivity contribution in [3.63, 3.8) is 0 Å². The van der Waals surface area contributed by atoms with E-state index in [2.05, 4.69) is 29.5 Å². The molecule has 0 aliphatic carbocycles. The van der Waals surface area contributed by atoms with E-state index in [1.54, 1.807) is 0 Å². The van der Waals surface area contributed by atoms with Gasteiger partial charge in [0.1, 0.15) is 6.61 Å². The molecule has 0 aromatic heterocycles. The molecule has 0 amide bonds. The second-order valence-corrected chi connectivity index (χ2v) is 9.40. The lowest BCUT2D eigenvalue weighted by atomic mass is 10.1. The highest BCUT2D eigenvalue weighted by Gasteiger charge is 2.02. The Morgan fingerprint density at radius 3 is 1.13 bits per heavy atom. The third-order valence-corrected chi connectivity index (χ3v) is 5.49. The van der Waals surface area contributed by atoms with Crippen LogP contribution in [0.4, 0.5) is 0 Å². The molecule has 10 nitrogen and oxygen atoms in total. The average Bonchev–Trinajstić information content (AvgIpc) is 2.92. The number of esters is 1. The Hall–Kier alpha value is -0.120. The highest BCUT2D eigenvalue weighted by molar-refractivity contribution is 14.1. The number of hydrogen-bond acceptors (Lipinski definition) is 10. The van der Waals surface area contributed by atoms with Crippen molar-refractivity contribution in [2.75, 3.05) is 117 Å². The van der Waals surface area contributed by atoms with Gasteiger partial charge in [-0.1, -0.05) is 61.6 Å². The summed E-state index contributed by atoms with van der Waals surface area (Å²) in [7, 11) is 0. The fourth-order valence-corrected chi connectivity index (χ4v) is 3.34. The molecule has 0 radical (unpaired) electrons. The molecule has 0 saturated carbocycles. The van der Waals surface area contributed by atoms with Crippen molar-refractivity contribution in [2.24, 2.45) is 0 Å². The van der Waals surface area contributed by atoms with Crippen LogP contribution < -0.4 is 0 Å². The van der Waals surface area contributed by atoms with Crippen molar-refractivity contribution in [1.82, 2.24) is 0 Å². The Balaban J connectivity index is 3.09. The molecule has 11 heteroatoms. The minimum atomic E-state index is -0.138. The summed E-state index contributed by atoms with van der Waals surface area (Å²) in [4.78, 5) is 11.6. The van der Waals surface area contributed by atoms with E-state index in [0.29, 0.717) is 112 Å². The quantitative estimate of drug-likeness (QED) is 0.0446. The maximum Gasteiger partial charge on any atom is 0.305 e. The molecule has 0 aromatic carbocycles. The van der Waals surface area contributed by atoms with Crippen LogP contribution in [-0.2, 0) is 47.4 Å². The fraction of sp³-hybridized carbons (Fsp3) is 0.963. The van der Waals surface area contributed by atoms with E-state index in [4.69, 9.17) is 42.6 Å². The Morgan fingerprint density at radius 2 is 0.763 bits per heavy atom. The number of halogens is 1. The van der Waals surface area contributed by atoms with Crippen molar-refractivity contribution in [3.05, 3.63) is 0 Å². The van der Waals surface area contributed by atoms with Crippen LogP contribution in [0.5, 0.6) is 0 Å². The number of carbonyl (C=O) groups is 1. The Morgan fingerprint density at radius 1 is 0.447 bits per heavy atom. The number of ether oxygens (including phenoxy) is 9. The fourth-order valence-electron chi connectivity index (χ4n) is 3.03. The molecule has 0 aliphatic rings. The van der Waals surface area contributed by atoms with Gasteiger partial charge in [-0.05, 0) is 6.42 Å². The molecule has 0 aromatic rings. The van der Waals surface area contributed by atoms with Crippen LogP contribution in [-0.4, -0.2) is 123 Å². The van der Waals surface area contributed by atoms with Crippen LogP contribution in [0.3, 0.4) is 0 Å². The predicted molar refractivity (Wildman–Crippen MR) is 154 cm³/mol. The smallest absolute Gasteiger partial charge is 0.305 e. The van der Waals surface area contributed by atoms with E-state index < -0.39 is 0 Å².